The molecular weight excluding hydrogens is 456 g/mol. The molecule has 5 aliphatic rings. The van der Waals surface area contributed by atoms with Gasteiger partial charge in [0.25, 0.3) is 5.92 Å². The van der Waals surface area contributed by atoms with Gasteiger partial charge in [-0.3, -0.25) is 0 Å². The second kappa shape index (κ2) is 6.60. The molecule has 3 aliphatic carbocycles. The molecule has 0 aromatic heterocycles. The van der Waals surface area contributed by atoms with E-state index in [-0.39, 0.29) is 35.0 Å². The van der Waals surface area contributed by atoms with Crippen LogP contribution in [-0.2, 0) is 25.6 Å². The zero-order chi connectivity index (χ0) is 23.3. The average Bonchev–Trinajstić information content (AvgIpc) is 3.49. The quantitative estimate of drug-likeness (QED) is 0.434. The lowest BCUT2D eigenvalue weighted by atomic mass is 9.31. The average molecular weight is 481 g/mol. The molecule has 3 nitrogen and oxygen atoms in total. The molecule has 0 amide bonds. The van der Waals surface area contributed by atoms with Crippen LogP contribution in [0.3, 0.4) is 0 Å². The molecule has 7 rings (SSSR count). The van der Waals surface area contributed by atoms with Crippen LogP contribution in [0.25, 0.3) is 0 Å². The fourth-order valence-corrected chi connectivity index (χ4v) is 8.07. The zero-order valence-corrected chi connectivity index (χ0v) is 18.7. The summed E-state index contributed by atoms with van der Waals surface area (Å²) in [5.74, 6) is -4.44. The lowest BCUT2D eigenvalue weighted by Gasteiger charge is -2.73. The third-order valence-corrected chi connectivity index (χ3v) is 10.3. The van der Waals surface area contributed by atoms with Gasteiger partial charge in [-0.05, 0) is 66.7 Å². The molecule has 3 saturated carbocycles. The van der Waals surface area contributed by atoms with E-state index in [0.717, 1.165) is 23.3 Å². The van der Waals surface area contributed by atoms with Gasteiger partial charge in [0.15, 0.2) is 5.60 Å². The summed E-state index contributed by atoms with van der Waals surface area (Å²) in [7, 11) is -2.92. The van der Waals surface area contributed by atoms with E-state index in [9.17, 15) is 17.2 Å². The molecule has 0 spiro atoms. The van der Waals surface area contributed by atoms with Gasteiger partial charge in [-0.2, -0.15) is 0 Å². The number of hydrogen-bond acceptors (Lipinski definition) is 3. The van der Waals surface area contributed by atoms with Gasteiger partial charge in [0.1, 0.15) is 21.5 Å². The van der Waals surface area contributed by atoms with Crippen molar-refractivity contribution in [1.29, 1.82) is 0 Å². The van der Waals surface area contributed by atoms with Crippen LogP contribution < -0.4 is 0 Å². The number of ether oxygens (including phenoxy) is 1. The molecule has 0 N–H and O–H groups in total. The molecule has 0 radical (unpaired) electrons. The van der Waals surface area contributed by atoms with Gasteiger partial charge >= 0.3 is 0 Å². The Kier molecular flexibility index (Phi) is 4.32. The lowest BCUT2D eigenvalue weighted by Crippen LogP contribution is -2.74. The van der Waals surface area contributed by atoms with Crippen LogP contribution in [0.1, 0.15) is 54.7 Å². The largest absolute Gasteiger partial charge is 0.358 e. The lowest BCUT2D eigenvalue weighted by molar-refractivity contribution is -0.306. The molecule has 8 heteroatoms. The van der Waals surface area contributed by atoms with E-state index >= 15 is 8.78 Å². The summed E-state index contributed by atoms with van der Waals surface area (Å²) in [6.45, 7) is -0.275. The van der Waals surface area contributed by atoms with E-state index in [1.165, 1.54) is 0 Å². The van der Waals surface area contributed by atoms with Crippen molar-refractivity contribution in [2.45, 2.75) is 55.0 Å². The Balaban J connectivity index is 1.18. The van der Waals surface area contributed by atoms with E-state index in [1.54, 1.807) is 0 Å². The van der Waals surface area contributed by atoms with Crippen LogP contribution in [0.2, 0.25) is 0 Å². The van der Waals surface area contributed by atoms with Crippen molar-refractivity contribution in [2.75, 3.05) is 18.1 Å². The van der Waals surface area contributed by atoms with Crippen LogP contribution in [0, 0.1) is 17.0 Å². The first-order chi connectivity index (χ1) is 15.5. The normalized spacial score (nSPS) is 34.9. The molecule has 1 atom stereocenters. The predicted octanol–water partition coefficient (Wildman–Crippen LogP) is 5.24. The Morgan fingerprint density at radius 2 is 1.55 bits per heavy atom. The maximum atomic E-state index is 15.7. The Bertz CT molecular complexity index is 1200. The van der Waals surface area contributed by atoms with Gasteiger partial charge in [0.05, 0.1) is 18.1 Å². The first-order valence-electron chi connectivity index (χ1n) is 11.3. The van der Waals surface area contributed by atoms with E-state index in [1.807, 2.05) is 24.3 Å². The summed E-state index contributed by atoms with van der Waals surface area (Å²) in [5, 5.41) is 0. The summed E-state index contributed by atoms with van der Waals surface area (Å²) in [6, 6.07) is 10.7. The smallest absolute Gasteiger partial charge is 0.288 e. The fraction of sp³-hybridized carbons (Fsp3) is 0.520. The molecule has 2 aromatic carbocycles. The molecule has 2 aliphatic heterocycles. The van der Waals surface area contributed by atoms with Gasteiger partial charge in [-0.25, -0.2) is 26.0 Å². The van der Waals surface area contributed by atoms with Gasteiger partial charge in [0, 0.05) is 17.0 Å². The fourth-order valence-electron chi connectivity index (χ4n) is 6.58. The van der Waals surface area contributed by atoms with Crippen molar-refractivity contribution in [3.05, 3.63) is 70.8 Å². The second-order valence-electron chi connectivity index (χ2n) is 10.5. The van der Waals surface area contributed by atoms with Crippen molar-refractivity contribution in [3.63, 3.8) is 0 Å². The molecule has 5 fully saturated rings. The highest BCUT2D eigenvalue weighted by Gasteiger charge is 2.85. The Labute approximate surface area is 190 Å². The first kappa shape index (κ1) is 21.6. The maximum absolute atomic E-state index is 15.7. The van der Waals surface area contributed by atoms with Gasteiger partial charge in [-0.15, -0.1) is 0 Å². The SMILES string of the molecule is O=S1(=O)CCC(c2ccc(C34CC(C(F)(F)C5(c6ccc(F)cc6F)CO5)(C3)C4)cc2)CC1. The highest BCUT2D eigenvalue weighted by Crippen LogP contribution is 2.81. The van der Waals surface area contributed by atoms with E-state index in [0.29, 0.717) is 38.2 Å². The van der Waals surface area contributed by atoms with Crippen LogP contribution >= 0.6 is 0 Å². The molecule has 2 bridgehead atoms. The van der Waals surface area contributed by atoms with Gasteiger partial charge in [-0.1, -0.05) is 24.3 Å². The molecule has 1 unspecified atom stereocenters. The van der Waals surface area contributed by atoms with Crippen molar-refractivity contribution in [1.82, 2.24) is 0 Å². The number of halogens is 4. The third-order valence-electron chi connectivity index (χ3n) is 8.55. The molecule has 2 heterocycles. The minimum Gasteiger partial charge on any atom is -0.358 e. The van der Waals surface area contributed by atoms with Crippen molar-refractivity contribution >= 4 is 9.84 Å². The second-order valence-corrected chi connectivity index (χ2v) is 12.8. The van der Waals surface area contributed by atoms with Crippen LogP contribution in [-0.4, -0.2) is 32.5 Å². The highest BCUT2D eigenvalue weighted by atomic mass is 32.2. The monoisotopic (exact) mass is 480 g/mol. The number of benzene rings is 2. The van der Waals surface area contributed by atoms with E-state index in [4.69, 9.17) is 4.74 Å². The number of sulfone groups is 1. The number of alkyl halides is 2. The number of hydrogen-bond donors (Lipinski definition) is 0. The van der Waals surface area contributed by atoms with Crippen LogP contribution in [0.5, 0.6) is 0 Å². The molecule has 2 aromatic rings. The summed E-state index contributed by atoms with van der Waals surface area (Å²) in [6.07, 6.45) is 2.15. The summed E-state index contributed by atoms with van der Waals surface area (Å²) < 4.78 is 87.6. The molecular formula is C25H24F4O3S. The molecule has 33 heavy (non-hydrogen) atoms. The molecule has 2 saturated heterocycles. The number of rotatable bonds is 5. The standard InChI is InChI=1S/C25H24F4O3S/c26-19-5-6-20(21(27)11-19)24(15-32-24)25(28,29)23-12-22(13-23,14-23)18-3-1-16(2-4-18)17-7-9-33(30,31)10-8-17/h1-6,11,17H,7-10,12-15H2. The minimum absolute atomic E-state index is 0.208. The van der Waals surface area contributed by atoms with Crippen molar-refractivity contribution < 1.29 is 30.7 Å². The maximum Gasteiger partial charge on any atom is 0.288 e. The summed E-state index contributed by atoms with van der Waals surface area (Å²) >= 11 is 0. The summed E-state index contributed by atoms with van der Waals surface area (Å²) in [4.78, 5) is 0. The molecule has 176 valence electrons. The van der Waals surface area contributed by atoms with Gasteiger partial charge < -0.3 is 4.74 Å². The Morgan fingerprint density at radius 1 is 0.939 bits per heavy atom. The predicted molar refractivity (Wildman–Crippen MR) is 114 cm³/mol. The van der Waals surface area contributed by atoms with Crippen molar-refractivity contribution in [2.24, 2.45) is 5.41 Å². The van der Waals surface area contributed by atoms with E-state index < -0.39 is 38.4 Å². The first-order valence-corrected chi connectivity index (χ1v) is 13.1. The van der Waals surface area contributed by atoms with Crippen LogP contribution in [0.15, 0.2) is 42.5 Å². The Morgan fingerprint density at radius 3 is 2.09 bits per heavy atom. The van der Waals surface area contributed by atoms with Crippen molar-refractivity contribution in [3.8, 4) is 0 Å². The topological polar surface area (TPSA) is 46.7 Å². The zero-order valence-electron chi connectivity index (χ0n) is 17.9. The minimum atomic E-state index is -3.26. The van der Waals surface area contributed by atoms with E-state index in [2.05, 4.69) is 0 Å². The third kappa shape index (κ3) is 2.92. The van der Waals surface area contributed by atoms with Gasteiger partial charge in [0.2, 0.25) is 0 Å². The number of epoxide rings is 1. The highest BCUT2D eigenvalue weighted by molar-refractivity contribution is 7.91. The van der Waals surface area contributed by atoms with Crippen LogP contribution in [0.4, 0.5) is 17.6 Å². The summed E-state index contributed by atoms with van der Waals surface area (Å²) in [5.41, 5.74) is -1.70. The Hall–Kier alpha value is -1.93.